The number of aliphatic hydroxyl groups is 1. The highest BCUT2D eigenvalue weighted by Gasteiger charge is 2.24. The van der Waals surface area contributed by atoms with Gasteiger partial charge in [0.1, 0.15) is 0 Å². The highest BCUT2D eigenvalue weighted by atomic mass is 79.9. The molecule has 0 saturated carbocycles. The van der Waals surface area contributed by atoms with Gasteiger partial charge in [0.25, 0.3) is 0 Å². The van der Waals surface area contributed by atoms with Crippen molar-refractivity contribution in [2.45, 2.75) is 32.3 Å². The Hall–Kier alpha value is -0.870. The van der Waals surface area contributed by atoms with Gasteiger partial charge in [-0.25, -0.2) is 0 Å². The molecule has 4 heteroatoms. The Bertz CT molecular complexity index is 431. The number of hydrogen-bond donors (Lipinski definition) is 2. The van der Waals surface area contributed by atoms with Crippen LogP contribution in [0, 0.1) is 0 Å². The molecule has 1 aliphatic rings. The van der Waals surface area contributed by atoms with Crippen LogP contribution in [0.1, 0.15) is 37.0 Å². The highest BCUT2D eigenvalue weighted by molar-refractivity contribution is 9.10. The Kier molecular flexibility index (Phi) is 3.30. The Morgan fingerprint density at radius 3 is 3.00 bits per heavy atom. The van der Waals surface area contributed by atoms with Gasteiger partial charge in [0.15, 0.2) is 0 Å². The van der Waals surface area contributed by atoms with E-state index in [0.29, 0.717) is 12.8 Å². The SMILES string of the molecule is CCCC(O)c1cc(Br)cc2c1NC(=O)C2. The minimum Gasteiger partial charge on any atom is -0.388 e. The molecule has 2 N–H and O–H groups in total. The molecule has 3 nitrogen and oxygen atoms in total. The van der Waals surface area contributed by atoms with Crippen LogP contribution >= 0.6 is 15.9 Å². The number of carbonyl (C=O) groups is 1. The summed E-state index contributed by atoms with van der Waals surface area (Å²) >= 11 is 3.40. The number of carbonyl (C=O) groups excluding carboxylic acids is 1. The summed E-state index contributed by atoms with van der Waals surface area (Å²) in [5.41, 5.74) is 2.58. The normalized spacial score (nSPS) is 15.8. The second-order valence-electron chi connectivity index (χ2n) is 4.06. The molecule has 1 aromatic carbocycles. The summed E-state index contributed by atoms with van der Waals surface area (Å²) in [6, 6.07) is 3.81. The summed E-state index contributed by atoms with van der Waals surface area (Å²) in [5, 5.41) is 12.8. The lowest BCUT2D eigenvalue weighted by atomic mass is 10.0. The molecule has 0 saturated heterocycles. The molecule has 1 aromatic rings. The van der Waals surface area contributed by atoms with E-state index in [4.69, 9.17) is 0 Å². The first-order valence-corrected chi connectivity index (χ1v) is 6.21. The Balaban J connectivity index is 2.42. The zero-order valence-electron chi connectivity index (χ0n) is 9.09. The average molecular weight is 284 g/mol. The first-order chi connectivity index (χ1) is 7.61. The molecule has 2 rings (SSSR count). The lowest BCUT2D eigenvalue weighted by Gasteiger charge is -2.14. The molecule has 1 atom stereocenters. The number of benzene rings is 1. The van der Waals surface area contributed by atoms with E-state index in [1.807, 2.05) is 19.1 Å². The van der Waals surface area contributed by atoms with E-state index in [0.717, 1.165) is 27.7 Å². The molecule has 1 amide bonds. The predicted molar refractivity (Wildman–Crippen MR) is 66.3 cm³/mol. The molecule has 16 heavy (non-hydrogen) atoms. The minimum absolute atomic E-state index is 0.00181. The predicted octanol–water partition coefficient (Wildman–Crippen LogP) is 2.78. The van der Waals surface area contributed by atoms with Gasteiger partial charge >= 0.3 is 0 Å². The van der Waals surface area contributed by atoms with Crippen molar-refractivity contribution in [3.63, 3.8) is 0 Å². The molecule has 1 unspecified atom stereocenters. The quantitative estimate of drug-likeness (QED) is 0.896. The number of hydrogen-bond acceptors (Lipinski definition) is 2. The smallest absolute Gasteiger partial charge is 0.228 e. The summed E-state index contributed by atoms with van der Waals surface area (Å²) in [4.78, 5) is 11.3. The van der Waals surface area contributed by atoms with Crippen molar-refractivity contribution in [3.05, 3.63) is 27.7 Å². The van der Waals surface area contributed by atoms with Crippen molar-refractivity contribution in [1.82, 2.24) is 0 Å². The number of amides is 1. The lowest BCUT2D eigenvalue weighted by molar-refractivity contribution is -0.115. The van der Waals surface area contributed by atoms with Crippen LogP contribution in [0.3, 0.4) is 0 Å². The average Bonchev–Trinajstić information content (AvgIpc) is 2.57. The van der Waals surface area contributed by atoms with Crippen molar-refractivity contribution < 1.29 is 9.90 Å². The molecule has 0 radical (unpaired) electrons. The van der Waals surface area contributed by atoms with E-state index in [9.17, 15) is 9.90 Å². The maximum Gasteiger partial charge on any atom is 0.228 e. The van der Waals surface area contributed by atoms with E-state index < -0.39 is 6.10 Å². The van der Waals surface area contributed by atoms with E-state index in [-0.39, 0.29) is 5.91 Å². The first kappa shape index (κ1) is 11.6. The van der Waals surface area contributed by atoms with Gasteiger partial charge in [0, 0.05) is 10.0 Å². The number of halogens is 1. The largest absolute Gasteiger partial charge is 0.388 e. The molecule has 0 fully saturated rings. The third-order valence-corrected chi connectivity index (χ3v) is 3.21. The standard InChI is InChI=1S/C12H14BrNO2/c1-2-3-10(15)9-6-8(13)4-7-5-11(16)14-12(7)9/h4,6,10,15H,2-3,5H2,1H3,(H,14,16). The van der Waals surface area contributed by atoms with Crippen molar-refractivity contribution in [1.29, 1.82) is 0 Å². The zero-order valence-corrected chi connectivity index (χ0v) is 10.7. The fraction of sp³-hybridized carbons (Fsp3) is 0.417. The van der Waals surface area contributed by atoms with Crippen LogP contribution in [0.25, 0.3) is 0 Å². The Morgan fingerprint density at radius 2 is 2.31 bits per heavy atom. The topological polar surface area (TPSA) is 49.3 Å². The maximum absolute atomic E-state index is 11.3. The minimum atomic E-state index is -0.505. The molecule has 0 aliphatic carbocycles. The molecule has 1 heterocycles. The molecule has 86 valence electrons. The highest BCUT2D eigenvalue weighted by Crippen LogP contribution is 2.35. The van der Waals surface area contributed by atoms with Crippen LogP contribution in [-0.2, 0) is 11.2 Å². The fourth-order valence-electron chi connectivity index (χ4n) is 2.03. The molecule has 0 spiro atoms. The van der Waals surface area contributed by atoms with E-state index >= 15 is 0 Å². The molecular formula is C12H14BrNO2. The summed E-state index contributed by atoms with van der Waals surface area (Å²) in [7, 11) is 0. The molecule has 0 aromatic heterocycles. The van der Waals surface area contributed by atoms with Gasteiger partial charge in [-0.3, -0.25) is 4.79 Å². The van der Waals surface area contributed by atoms with Gasteiger partial charge in [0.2, 0.25) is 5.91 Å². The van der Waals surface area contributed by atoms with Gasteiger partial charge in [-0.05, 0) is 24.1 Å². The van der Waals surface area contributed by atoms with Crippen molar-refractivity contribution in [3.8, 4) is 0 Å². The second kappa shape index (κ2) is 4.55. The summed E-state index contributed by atoms with van der Waals surface area (Å²) < 4.78 is 0.910. The second-order valence-corrected chi connectivity index (χ2v) is 4.97. The van der Waals surface area contributed by atoms with Gasteiger partial charge in [-0.1, -0.05) is 29.3 Å². The van der Waals surface area contributed by atoms with Crippen molar-refractivity contribution in [2.75, 3.05) is 5.32 Å². The molecule has 1 aliphatic heterocycles. The third kappa shape index (κ3) is 2.13. The van der Waals surface area contributed by atoms with Crippen molar-refractivity contribution >= 4 is 27.5 Å². The van der Waals surface area contributed by atoms with E-state index in [1.165, 1.54) is 0 Å². The number of aliphatic hydroxyl groups excluding tert-OH is 1. The summed E-state index contributed by atoms with van der Waals surface area (Å²) in [5.74, 6) is -0.00181. The van der Waals surface area contributed by atoms with E-state index in [1.54, 1.807) is 0 Å². The molecular weight excluding hydrogens is 270 g/mol. The maximum atomic E-state index is 11.3. The molecule has 0 bridgehead atoms. The zero-order chi connectivity index (χ0) is 11.7. The number of nitrogens with one attached hydrogen (secondary N) is 1. The van der Waals surface area contributed by atoms with Crippen LogP contribution in [0.4, 0.5) is 5.69 Å². The Labute approximate surface area is 103 Å². The number of rotatable bonds is 3. The van der Waals surface area contributed by atoms with Gasteiger partial charge in [0.05, 0.1) is 18.2 Å². The van der Waals surface area contributed by atoms with Crippen molar-refractivity contribution in [2.24, 2.45) is 0 Å². The van der Waals surface area contributed by atoms with E-state index in [2.05, 4.69) is 21.2 Å². The number of anilines is 1. The Morgan fingerprint density at radius 1 is 1.56 bits per heavy atom. The third-order valence-electron chi connectivity index (χ3n) is 2.75. The van der Waals surface area contributed by atoms with Crippen LogP contribution < -0.4 is 5.32 Å². The van der Waals surface area contributed by atoms with Gasteiger partial charge < -0.3 is 10.4 Å². The monoisotopic (exact) mass is 283 g/mol. The fourth-order valence-corrected chi connectivity index (χ4v) is 2.55. The number of fused-ring (bicyclic) bond motifs is 1. The van der Waals surface area contributed by atoms with Gasteiger partial charge in [-0.2, -0.15) is 0 Å². The van der Waals surface area contributed by atoms with Crippen LogP contribution in [0.2, 0.25) is 0 Å². The van der Waals surface area contributed by atoms with Crippen LogP contribution in [-0.4, -0.2) is 11.0 Å². The van der Waals surface area contributed by atoms with Gasteiger partial charge in [-0.15, -0.1) is 0 Å². The first-order valence-electron chi connectivity index (χ1n) is 5.42. The summed E-state index contributed by atoms with van der Waals surface area (Å²) in [6.07, 6.45) is 1.52. The summed E-state index contributed by atoms with van der Waals surface area (Å²) in [6.45, 7) is 2.03. The van der Waals surface area contributed by atoms with Crippen LogP contribution in [0.5, 0.6) is 0 Å². The lowest BCUT2D eigenvalue weighted by Crippen LogP contribution is -2.06. The van der Waals surface area contributed by atoms with Crippen LogP contribution in [0.15, 0.2) is 16.6 Å².